The van der Waals surface area contributed by atoms with E-state index in [9.17, 15) is 9.59 Å². The zero-order valence-electron chi connectivity index (χ0n) is 17.3. The summed E-state index contributed by atoms with van der Waals surface area (Å²) in [5.74, 6) is 1.06. The van der Waals surface area contributed by atoms with Crippen LogP contribution >= 0.6 is 0 Å². The maximum absolute atomic E-state index is 12.0. The van der Waals surface area contributed by atoms with Crippen LogP contribution in [0, 0.1) is 0 Å². The van der Waals surface area contributed by atoms with E-state index in [0.29, 0.717) is 37.3 Å². The number of benzene rings is 2. The largest absolute Gasteiger partial charge is 0.364 e. The van der Waals surface area contributed by atoms with Crippen LogP contribution in [0.2, 0.25) is 0 Å². The number of hydrogen-bond acceptors (Lipinski definition) is 6. The molecule has 0 spiro atoms. The van der Waals surface area contributed by atoms with Crippen LogP contribution in [0.15, 0.2) is 80.5 Å². The van der Waals surface area contributed by atoms with Gasteiger partial charge in [-0.05, 0) is 24.0 Å². The average molecular weight is 430 g/mol. The molecule has 10 nitrogen and oxygen atoms in total. The van der Waals surface area contributed by atoms with Crippen molar-refractivity contribution in [3.63, 3.8) is 0 Å². The van der Waals surface area contributed by atoms with Crippen molar-refractivity contribution in [1.29, 1.82) is 0 Å². The molecule has 2 aromatic heterocycles. The second-order valence-corrected chi connectivity index (χ2v) is 7.01. The van der Waals surface area contributed by atoms with Crippen molar-refractivity contribution in [3.8, 4) is 0 Å². The van der Waals surface area contributed by atoms with Crippen LogP contribution in [0.3, 0.4) is 0 Å². The molecule has 2 aromatic carbocycles. The zero-order valence-corrected chi connectivity index (χ0v) is 17.3. The molecular weight excluding hydrogens is 408 g/mol. The van der Waals surface area contributed by atoms with Gasteiger partial charge in [-0.1, -0.05) is 60.7 Å². The fraction of sp³-hybridized carbons (Fsp3) is 0.182. The molecule has 0 aliphatic heterocycles. The number of nitrogens with one attached hydrogen (secondary N) is 2. The lowest BCUT2D eigenvalue weighted by atomic mass is 10.1. The van der Waals surface area contributed by atoms with Gasteiger partial charge in [-0.25, -0.2) is 19.8 Å². The molecule has 0 bridgehead atoms. The Balaban J connectivity index is 1.35. The third-order valence-electron chi connectivity index (χ3n) is 4.66. The summed E-state index contributed by atoms with van der Waals surface area (Å²) in [5.41, 5.74) is 1.28. The summed E-state index contributed by atoms with van der Waals surface area (Å²) in [6.07, 6.45) is 5.30. The van der Waals surface area contributed by atoms with Crippen molar-refractivity contribution in [2.24, 2.45) is 10.2 Å². The molecule has 0 radical (unpaired) electrons. The normalized spacial score (nSPS) is 11.6. The minimum absolute atomic E-state index is 0.392. The number of aromatic amines is 2. The van der Waals surface area contributed by atoms with E-state index in [1.165, 1.54) is 9.35 Å². The van der Waals surface area contributed by atoms with Gasteiger partial charge in [0.2, 0.25) is 0 Å². The first-order valence-corrected chi connectivity index (χ1v) is 10.2. The van der Waals surface area contributed by atoms with Gasteiger partial charge in [0.15, 0.2) is 11.6 Å². The lowest BCUT2D eigenvalue weighted by Crippen LogP contribution is -2.15. The lowest BCUT2D eigenvalue weighted by molar-refractivity contribution is 0.767. The molecule has 2 N–H and O–H groups in total. The van der Waals surface area contributed by atoms with Gasteiger partial charge >= 0.3 is 11.4 Å². The van der Waals surface area contributed by atoms with Gasteiger partial charge in [0.05, 0.1) is 0 Å². The van der Waals surface area contributed by atoms with Crippen molar-refractivity contribution in [3.05, 3.63) is 104 Å². The highest BCUT2D eigenvalue weighted by molar-refractivity contribution is 5.65. The summed E-state index contributed by atoms with van der Waals surface area (Å²) in [7, 11) is 0. The maximum atomic E-state index is 12.0. The van der Waals surface area contributed by atoms with Crippen LogP contribution in [0.5, 0.6) is 0 Å². The van der Waals surface area contributed by atoms with Gasteiger partial charge in [-0.2, -0.15) is 29.8 Å². The van der Waals surface area contributed by atoms with Gasteiger partial charge in [-0.15, -0.1) is 0 Å². The van der Waals surface area contributed by atoms with Crippen LogP contribution < -0.4 is 11.4 Å². The summed E-state index contributed by atoms with van der Waals surface area (Å²) in [6, 6.07) is 19.5. The summed E-state index contributed by atoms with van der Waals surface area (Å²) in [6.45, 7) is 0. The molecule has 0 fully saturated rings. The highest BCUT2D eigenvalue weighted by Crippen LogP contribution is 2.06. The molecule has 0 aliphatic carbocycles. The van der Waals surface area contributed by atoms with Crippen molar-refractivity contribution in [2.75, 3.05) is 0 Å². The molecule has 0 aliphatic rings. The highest BCUT2D eigenvalue weighted by atomic mass is 16.2. The van der Waals surface area contributed by atoms with Crippen molar-refractivity contribution >= 4 is 12.4 Å². The molecule has 2 heterocycles. The third-order valence-corrected chi connectivity index (χ3v) is 4.66. The van der Waals surface area contributed by atoms with Crippen LogP contribution in [-0.2, 0) is 12.8 Å². The fourth-order valence-electron chi connectivity index (χ4n) is 3.10. The molecular formula is C22H22N8O2. The van der Waals surface area contributed by atoms with Crippen molar-refractivity contribution < 1.29 is 0 Å². The molecule has 0 saturated carbocycles. The van der Waals surface area contributed by atoms with Crippen LogP contribution in [-0.4, -0.2) is 42.2 Å². The Morgan fingerprint density at radius 1 is 0.688 bits per heavy atom. The monoisotopic (exact) mass is 430 g/mol. The standard InChI is InChI=1S/C22H22N8O2/c31-21-27-25-19(15-17-9-3-1-4-10-17)29(21)23-13-7-8-14-24-30-20(26-28-22(30)32)16-18-11-5-2-6-12-18/h1-6,9-14H,7-8,15-16H2,(H,27,31)(H,28,32)/b23-13-,24-14?. The van der Waals surface area contributed by atoms with E-state index < -0.39 is 11.4 Å². The second kappa shape index (κ2) is 10.1. The third kappa shape index (κ3) is 5.22. The van der Waals surface area contributed by atoms with Crippen LogP contribution in [0.25, 0.3) is 0 Å². The van der Waals surface area contributed by atoms with E-state index in [-0.39, 0.29) is 0 Å². The Morgan fingerprint density at radius 2 is 1.09 bits per heavy atom. The molecule has 0 unspecified atom stereocenters. The molecule has 4 aromatic rings. The van der Waals surface area contributed by atoms with Gasteiger partial charge in [0.1, 0.15) is 0 Å². The summed E-state index contributed by atoms with van der Waals surface area (Å²) in [5, 5.41) is 21.4. The highest BCUT2D eigenvalue weighted by Gasteiger charge is 2.08. The van der Waals surface area contributed by atoms with E-state index in [1.54, 1.807) is 12.4 Å². The van der Waals surface area contributed by atoms with Gasteiger partial charge in [0.25, 0.3) is 0 Å². The molecule has 162 valence electrons. The van der Waals surface area contributed by atoms with E-state index in [0.717, 1.165) is 11.1 Å². The van der Waals surface area contributed by atoms with Crippen molar-refractivity contribution in [2.45, 2.75) is 25.7 Å². The molecule has 0 saturated heterocycles. The number of nitrogens with zero attached hydrogens (tertiary/aromatic N) is 6. The Kier molecular flexibility index (Phi) is 6.61. The summed E-state index contributed by atoms with van der Waals surface area (Å²) >= 11 is 0. The molecule has 10 heteroatoms. The Morgan fingerprint density at radius 3 is 1.50 bits per heavy atom. The number of hydrogen-bond donors (Lipinski definition) is 2. The molecule has 4 rings (SSSR count). The molecule has 32 heavy (non-hydrogen) atoms. The molecule has 0 atom stereocenters. The first-order chi connectivity index (χ1) is 15.7. The van der Waals surface area contributed by atoms with Crippen LogP contribution in [0.4, 0.5) is 0 Å². The first kappa shape index (κ1) is 20.9. The maximum Gasteiger partial charge on any atom is 0.364 e. The number of aromatic nitrogens is 6. The number of unbranched alkanes of at least 4 members (excludes halogenated alkanes) is 1. The predicted octanol–water partition coefficient (Wildman–Crippen LogP) is 1.79. The Bertz CT molecular complexity index is 1210. The topological polar surface area (TPSA) is 126 Å². The number of H-pyrrole nitrogens is 2. The van der Waals surface area contributed by atoms with Gasteiger partial charge < -0.3 is 0 Å². The van der Waals surface area contributed by atoms with Crippen LogP contribution in [0.1, 0.15) is 35.6 Å². The van der Waals surface area contributed by atoms with E-state index in [4.69, 9.17) is 0 Å². The summed E-state index contributed by atoms with van der Waals surface area (Å²) < 4.78 is 2.51. The Hall–Kier alpha value is -4.34. The number of rotatable bonds is 9. The van der Waals surface area contributed by atoms with Crippen molar-refractivity contribution in [1.82, 2.24) is 29.7 Å². The van der Waals surface area contributed by atoms with Gasteiger partial charge in [-0.3, -0.25) is 0 Å². The van der Waals surface area contributed by atoms with E-state index in [1.807, 2.05) is 60.7 Å². The quantitative estimate of drug-likeness (QED) is 0.310. The molecule has 0 amide bonds. The average Bonchev–Trinajstić information content (AvgIpc) is 3.34. The SMILES string of the molecule is O=c1[nH]nc(Cc2ccccc2)n1N=CCC/C=N\n1c(Cc2ccccc2)n[nH]c1=O. The smallest absolute Gasteiger partial charge is 0.244 e. The summed E-state index contributed by atoms with van der Waals surface area (Å²) in [4.78, 5) is 24.0. The fourth-order valence-corrected chi connectivity index (χ4v) is 3.10. The lowest BCUT2D eigenvalue weighted by Gasteiger charge is -2.00. The first-order valence-electron chi connectivity index (χ1n) is 10.2. The van der Waals surface area contributed by atoms with E-state index >= 15 is 0 Å². The minimum atomic E-state index is -0.392. The van der Waals surface area contributed by atoms with E-state index in [2.05, 4.69) is 30.6 Å². The predicted molar refractivity (Wildman–Crippen MR) is 121 cm³/mol. The Labute approximate surface area is 183 Å². The zero-order chi connectivity index (χ0) is 22.2. The van der Waals surface area contributed by atoms with Gasteiger partial charge in [0, 0.05) is 25.3 Å². The second-order valence-electron chi connectivity index (χ2n) is 7.01. The minimum Gasteiger partial charge on any atom is -0.244 e.